The van der Waals surface area contributed by atoms with Gasteiger partial charge in [-0.1, -0.05) is 6.07 Å². The van der Waals surface area contributed by atoms with Crippen LogP contribution in [0.5, 0.6) is 0 Å². The number of pyridine rings is 1. The number of nitrogens with zero attached hydrogens (tertiary/aromatic N) is 2. The Kier molecular flexibility index (Phi) is 4.03. The molecule has 1 aliphatic heterocycles. The van der Waals surface area contributed by atoms with Crippen molar-refractivity contribution in [1.82, 2.24) is 20.6 Å². The standard InChI is InChI=1S/C11H17N5O/c12-15-11(17)10-3-1-2-9(14-10)8-16-6-4-13-5-7-16/h1-3,13H,4-8,12H2,(H,15,17). The maximum Gasteiger partial charge on any atom is 0.283 e. The molecule has 0 unspecified atom stereocenters. The molecule has 4 N–H and O–H groups in total. The van der Waals surface area contributed by atoms with Crippen molar-refractivity contribution in [2.45, 2.75) is 6.54 Å². The van der Waals surface area contributed by atoms with Crippen molar-refractivity contribution in [3.8, 4) is 0 Å². The third-order valence-electron chi connectivity index (χ3n) is 2.77. The second-order valence-electron chi connectivity index (χ2n) is 4.01. The van der Waals surface area contributed by atoms with Crippen LogP contribution < -0.4 is 16.6 Å². The number of carbonyl (C=O) groups is 1. The maximum absolute atomic E-state index is 11.3. The third-order valence-corrected chi connectivity index (χ3v) is 2.77. The van der Waals surface area contributed by atoms with E-state index in [0.717, 1.165) is 38.4 Å². The van der Waals surface area contributed by atoms with E-state index in [0.29, 0.717) is 5.69 Å². The molecule has 0 bridgehead atoms. The first-order valence-electron chi connectivity index (χ1n) is 5.69. The third kappa shape index (κ3) is 3.23. The van der Waals surface area contributed by atoms with Gasteiger partial charge in [0.15, 0.2) is 0 Å². The van der Waals surface area contributed by atoms with Crippen LogP contribution in [-0.4, -0.2) is 42.0 Å². The molecule has 0 radical (unpaired) electrons. The van der Waals surface area contributed by atoms with Crippen LogP contribution in [0.3, 0.4) is 0 Å². The molecular weight excluding hydrogens is 218 g/mol. The van der Waals surface area contributed by atoms with Crippen molar-refractivity contribution in [1.29, 1.82) is 0 Å². The summed E-state index contributed by atoms with van der Waals surface area (Å²) in [5.41, 5.74) is 3.34. The molecule has 0 aliphatic carbocycles. The fraction of sp³-hybridized carbons (Fsp3) is 0.455. The number of carbonyl (C=O) groups excluding carboxylic acids is 1. The summed E-state index contributed by atoms with van der Waals surface area (Å²) in [5, 5.41) is 3.30. The highest BCUT2D eigenvalue weighted by atomic mass is 16.2. The van der Waals surface area contributed by atoms with Crippen molar-refractivity contribution in [2.75, 3.05) is 26.2 Å². The number of piperazine rings is 1. The Hall–Kier alpha value is -1.50. The van der Waals surface area contributed by atoms with E-state index in [2.05, 4.69) is 20.6 Å². The monoisotopic (exact) mass is 235 g/mol. The Morgan fingerprint density at radius 1 is 1.47 bits per heavy atom. The molecule has 1 aromatic heterocycles. The van der Waals surface area contributed by atoms with Crippen LogP contribution in [0.25, 0.3) is 0 Å². The van der Waals surface area contributed by atoms with Gasteiger partial charge in [0.05, 0.1) is 5.69 Å². The second kappa shape index (κ2) is 5.72. The fourth-order valence-electron chi connectivity index (χ4n) is 1.87. The molecule has 1 amide bonds. The highest BCUT2D eigenvalue weighted by Gasteiger charge is 2.12. The number of aromatic nitrogens is 1. The largest absolute Gasteiger partial charge is 0.314 e. The fourth-order valence-corrected chi connectivity index (χ4v) is 1.87. The first kappa shape index (κ1) is 12.0. The van der Waals surface area contributed by atoms with Crippen molar-refractivity contribution in [3.63, 3.8) is 0 Å². The molecule has 6 nitrogen and oxygen atoms in total. The average molecular weight is 235 g/mol. The Labute approximate surface area is 100 Å². The van der Waals surface area contributed by atoms with E-state index in [1.54, 1.807) is 6.07 Å². The molecule has 1 saturated heterocycles. The molecule has 0 spiro atoms. The van der Waals surface area contributed by atoms with E-state index < -0.39 is 0 Å². The zero-order valence-corrected chi connectivity index (χ0v) is 9.65. The lowest BCUT2D eigenvalue weighted by Gasteiger charge is -2.26. The summed E-state index contributed by atoms with van der Waals surface area (Å²) < 4.78 is 0. The lowest BCUT2D eigenvalue weighted by molar-refractivity contribution is 0.0948. The van der Waals surface area contributed by atoms with Gasteiger partial charge in [0.25, 0.3) is 5.91 Å². The van der Waals surface area contributed by atoms with Crippen LogP contribution in [0.2, 0.25) is 0 Å². The molecule has 17 heavy (non-hydrogen) atoms. The minimum absolute atomic E-state index is 0.354. The van der Waals surface area contributed by atoms with E-state index in [-0.39, 0.29) is 5.91 Å². The van der Waals surface area contributed by atoms with Crippen molar-refractivity contribution in [2.24, 2.45) is 5.84 Å². The smallest absolute Gasteiger partial charge is 0.283 e. The minimum Gasteiger partial charge on any atom is -0.314 e. The molecule has 6 heteroatoms. The number of hydrazine groups is 1. The number of nitrogens with two attached hydrogens (primary N) is 1. The van der Waals surface area contributed by atoms with Crippen LogP contribution in [0.4, 0.5) is 0 Å². The Morgan fingerprint density at radius 3 is 2.94 bits per heavy atom. The van der Waals surface area contributed by atoms with E-state index in [4.69, 9.17) is 5.84 Å². The number of nitrogen functional groups attached to an aromatic ring is 1. The summed E-state index contributed by atoms with van der Waals surface area (Å²) in [6.45, 7) is 4.79. The van der Waals surface area contributed by atoms with Gasteiger partial charge >= 0.3 is 0 Å². The molecule has 2 rings (SSSR count). The van der Waals surface area contributed by atoms with Crippen molar-refractivity contribution >= 4 is 5.91 Å². The molecular formula is C11H17N5O. The lowest BCUT2D eigenvalue weighted by Crippen LogP contribution is -2.43. The SMILES string of the molecule is NNC(=O)c1cccc(CN2CCNCC2)n1. The van der Waals surface area contributed by atoms with Crippen molar-refractivity contribution < 1.29 is 4.79 Å². The molecule has 92 valence electrons. The molecule has 2 heterocycles. The summed E-state index contributed by atoms with van der Waals surface area (Å²) in [4.78, 5) is 17.9. The average Bonchev–Trinajstić information content (AvgIpc) is 2.39. The van der Waals surface area contributed by atoms with Gasteiger partial charge in [-0.05, 0) is 12.1 Å². The topological polar surface area (TPSA) is 83.3 Å². The molecule has 0 atom stereocenters. The first-order valence-corrected chi connectivity index (χ1v) is 5.69. The Balaban J connectivity index is 2.02. The lowest BCUT2D eigenvalue weighted by atomic mass is 10.2. The molecule has 0 saturated carbocycles. The second-order valence-corrected chi connectivity index (χ2v) is 4.01. The summed E-state index contributed by atoms with van der Waals surface area (Å²) in [7, 11) is 0. The zero-order chi connectivity index (χ0) is 12.1. The molecule has 1 fully saturated rings. The van der Waals surface area contributed by atoms with Gasteiger partial charge in [-0.25, -0.2) is 10.8 Å². The Morgan fingerprint density at radius 2 is 2.24 bits per heavy atom. The van der Waals surface area contributed by atoms with E-state index >= 15 is 0 Å². The zero-order valence-electron chi connectivity index (χ0n) is 9.65. The van der Waals surface area contributed by atoms with Gasteiger partial charge in [-0.15, -0.1) is 0 Å². The van der Waals surface area contributed by atoms with Gasteiger partial charge in [-0.2, -0.15) is 0 Å². The molecule has 1 aromatic rings. The predicted molar refractivity (Wildman–Crippen MR) is 64.0 cm³/mol. The number of rotatable bonds is 3. The van der Waals surface area contributed by atoms with Crippen molar-refractivity contribution in [3.05, 3.63) is 29.6 Å². The van der Waals surface area contributed by atoms with E-state index in [1.165, 1.54) is 0 Å². The minimum atomic E-state index is -0.354. The predicted octanol–water partition coefficient (Wildman–Crippen LogP) is -0.910. The highest BCUT2D eigenvalue weighted by molar-refractivity contribution is 5.91. The van der Waals surface area contributed by atoms with Crippen LogP contribution in [0.15, 0.2) is 18.2 Å². The maximum atomic E-state index is 11.3. The highest BCUT2D eigenvalue weighted by Crippen LogP contribution is 2.04. The molecule has 1 aliphatic rings. The number of amides is 1. The van der Waals surface area contributed by atoms with Crippen LogP contribution in [0, 0.1) is 0 Å². The van der Waals surface area contributed by atoms with Crippen LogP contribution in [-0.2, 0) is 6.54 Å². The number of hydrogen-bond donors (Lipinski definition) is 3. The van der Waals surface area contributed by atoms with Crippen LogP contribution in [0.1, 0.15) is 16.2 Å². The quantitative estimate of drug-likeness (QED) is 0.359. The van der Waals surface area contributed by atoms with E-state index in [1.807, 2.05) is 12.1 Å². The number of nitrogens with one attached hydrogen (secondary N) is 2. The van der Waals surface area contributed by atoms with E-state index in [9.17, 15) is 4.79 Å². The van der Waals surface area contributed by atoms with Gasteiger partial charge in [0.2, 0.25) is 0 Å². The summed E-state index contributed by atoms with van der Waals surface area (Å²) in [6.07, 6.45) is 0. The summed E-state index contributed by atoms with van der Waals surface area (Å²) >= 11 is 0. The first-order chi connectivity index (χ1) is 8.29. The molecule has 0 aromatic carbocycles. The summed E-state index contributed by atoms with van der Waals surface area (Å²) in [5.74, 6) is 4.73. The van der Waals surface area contributed by atoms with Gasteiger partial charge in [0, 0.05) is 32.7 Å². The van der Waals surface area contributed by atoms with Crippen LogP contribution >= 0.6 is 0 Å². The number of hydrogen-bond acceptors (Lipinski definition) is 5. The van der Waals surface area contributed by atoms with Gasteiger partial charge in [-0.3, -0.25) is 15.1 Å². The summed E-state index contributed by atoms with van der Waals surface area (Å²) in [6, 6.07) is 5.41. The Bertz CT molecular complexity index is 389. The van der Waals surface area contributed by atoms with Gasteiger partial charge in [0.1, 0.15) is 5.69 Å². The van der Waals surface area contributed by atoms with Gasteiger partial charge < -0.3 is 5.32 Å². The normalized spacial score (nSPS) is 16.8.